The van der Waals surface area contributed by atoms with E-state index >= 15 is 0 Å². The number of ether oxygens (including phenoxy) is 1. The van der Waals surface area contributed by atoms with Crippen LogP contribution < -0.4 is 9.47 Å². The molecule has 1 aromatic heterocycles. The molecular formula is C32H44N3O2+. The van der Waals surface area contributed by atoms with Crippen molar-refractivity contribution in [2.45, 2.75) is 71.9 Å². The van der Waals surface area contributed by atoms with E-state index in [1.165, 1.54) is 17.7 Å². The quantitative estimate of drug-likeness (QED) is 0.275. The standard InChI is InChI=1S/C32H44N3O2/c1-20(2)25-16-12-21(3)18-29(25)37-32(36)30(23-13-14-23)35-28-11-9-8-10-27(28)34(7)31(35)24-15-17-26(33(5)6)22(4)19-24/h8-11,15,17,19-21,23,25,29-30H,12-14,16,18H2,1-7H3/q+1/t21-,25+,29-,30-/m1/s1. The molecule has 5 heteroatoms. The van der Waals surface area contributed by atoms with Crippen LogP contribution in [0.1, 0.15) is 64.5 Å². The number of carbonyl (C=O) groups excluding carboxylic acids is 1. The fourth-order valence-corrected chi connectivity index (χ4v) is 6.64. The fourth-order valence-electron chi connectivity index (χ4n) is 6.64. The summed E-state index contributed by atoms with van der Waals surface area (Å²) in [6.07, 6.45) is 5.51. The number of fused-ring (bicyclic) bond motifs is 1. The molecule has 2 aliphatic carbocycles. The molecule has 2 fully saturated rings. The van der Waals surface area contributed by atoms with E-state index in [9.17, 15) is 4.79 Å². The molecule has 198 valence electrons. The van der Waals surface area contributed by atoms with Gasteiger partial charge in [-0.3, -0.25) is 0 Å². The molecule has 2 saturated carbocycles. The lowest BCUT2D eigenvalue weighted by molar-refractivity contribution is -0.634. The maximum atomic E-state index is 14.2. The van der Waals surface area contributed by atoms with Crippen LogP contribution in [0.3, 0.4) is 0 Å². The Kier molecular flexibility index (Phi) is 7.08. The third kappa shape index (κ3) is 4.89. The summed E-state index contributed by atoms with van der Waals surface area (Å²) in [5.41, 5.74) is 5.79. The van der Waals surface area contributed by atoms with E-state index in [0.29, 0.717) is 23.7 Å². The number of benzene rings is 2. The summed E-state index contributed by atoms with van der Waals surface area (Å²) in [5.74, 6) is 2.91. The number of imidazole rings is 1. The number of hydrogen-bond acceptors (Lipinski definition) is 3. The maximum Gasteiger partial charge on any atom is 0.352 e. The van der Waals surface area contributed by atoms with Gasteiger partial charge in [0.2, 0.25) is 6.04 Å². The van der Waals surface area contributed by atoms with Crippen molar-refractivity contribution in [3.05, 3.63) is 48.0 Å². The number of aryl methyl sites for hydroxylation is 2. The Hall–Kier alpha value is -2.82. The van der Waals surface area contributed by atoms with Crippen LogP contribution in [0.2, 0.25) is 0 Å². The van der Waals surface area contributed by atoms with Crippen LogP contribution >= 0.6 is 0 Å². The second-order valence-electron chi connectivity index (χ2n) is 12.2. The van der Waals surface area contributed by atoms with Crippen LogP contribution in [0.15, 0.2) is 42.5 Å². The van der Waals surface area contributed by atoms with Gasteiger partial charge in [-0.25, -0.2) is 13.9 Å². The Bertz CT molecular complexity index is 1290. The van der Waals surface area contributed by atoms with Crippen molar-refractivity contribution in [1.29, 1.82) is 0 Å². The molecular weight excluding hydrogens is 458 g/mol. The topological polar surface area (TPSA) is 38.4 Å². The molecule has 0 saturated heterocycles. The van der Waals surface area contributed by atoms with Crippen LogP contribution in [0.25, 0.3) is 22.4 Å². The first kappa shape index (κ1) is 25.8. The van der Waals surface area contributed by atoms with Gasteiger partial charge in [-0.1, -0.05) is 39.3 Å². The Labute approximate surface area is 222 Å². The molecule has 4 atom stereocenters. The number of aromatic nitrogens is 2. The molecule has 2 aliphatic rings. The third-order valence-corrected chi connectivity index (χ3v) is 8.80. The average molecular weight is 503 g/mol. The summed E-state index contributed by atoms with van der Waals surface area (Å²) in [6, 6.07) is 14.8. The molecule has 0 radical (unpaired) electrons. The Morgan fingerprint density at radius 3 is 2.46 bits per heavy atom. The average Bonchev–Trinajstić information content (AvgIpc) is 3.63. The van der Waals surface area contributed by atoms with E-state index in [1.54, 1.807) is 0 Å². The molecule has 0 aliphatic heterocycles. The smallest absolute Gasteiger partial charge is 0.352 e. The Morgan fingerprint density at radius 1 is 1.08 bits per heavy atom. The largest absolute Gasteiger partial charge is 0.459 e. The van der Waals surface area contributed by atoms with Crippen molar-refractivity contribution in [1.82, 2.24) is 4.57 Å². The van der Waals surface area contributed by atoms with E-state index < -0.39 is 0 Å². The van der Waals surface area contributed by atoms with Gasteiger partial charge in [0.05, 0.1) is 12.6 Å². The minimum Gasteiger partial charge on any atom is -0.459 e. The number of carbonyl (C=O) groups is 1. The highest BCUT2D eigenvalue weighted by atomic mass is 16.5. The van der Waals surface area contributed by atoms with E-state index in [2.05, 4.69) is 105 Å². The number of rotatable bonds is 7. The second kappa shape index (κ2) is 10.2. The second-order valence-corrected chi connectivity index (χ2v) is 12.2. The molecule has 0 amide bonds. The van der Waals surface area contributed by atoms with Gasteiger partial charge < -0.3 is 9.64 Å². The minimum atomic E-state index is -0.306. The summed E-state index contributed by atoms with van der Waals surface area (Å²) in [4.78, 5) is 16.3. The highest BCUT2D eigenvalue weighted by Crippen LogP contribution is 2.45. The molecule has 5 rings (SSSR count). The summed E-state index contributed by atoms with van der Waals surface area (Å²) >= 11 is 0. The van der Waals surface area contributed by atoms with Crippen molar-refractivity contribution in [2.75, 3.05) is 19.0 Å². The molecule has 0 N–H and O–H groups in total. The summed E-state index contributed by atoms with van der Waals surface area (Å²) in [6.45, 7) is 9.01. The summed E-state index contributed by atoms with van der Waals surface area (Å²) < 4.78 is 11.1. The van der Waals surface area contributed by atoms with Crippen LogP contribution in [0, 0.1) is 30.6 Å². The van der Waals surface area contributed by atoms with Gasteiger partial charge in [0.25, 0.3) is 5.82 Å². The first-order chi connectivity index (χ1) is 17.7. The lowest BCUT2D eigenvalue weighted by Gasteiger charge is -2.37. The van der Waals surface area contributed by atoms with E-state index in [1.807, 2.05) is 0 Å². The fraction of sp³-hybridized carbons (Fsp3) is 0.562. The predicted octanol–water partition coefficient (Wildman–Crippen LogP) is 6.46. The van der Waals surface area contributed by atoms with Gasteiger partial charge in [0.15, 0.2) is 11.0 Å². The molecule has 37 heavy (non-hydrogen) atoms. The number of esters is 1. The van der Waals surface area contributed by atoms with E-state index in [0.717, 1.165) is 48.1 Å². The molecule has 1 heterocycles. The van der Waals surface area contributed by atoms with Gasteiger partial charge in [-0.2, -0.15) is 0 Å². The normalized spacial score (nSPS) is 22.9. The van der Waals surface area contributed by atoms with Crippen molar-refractivity contribution in [3.8, 4) is 11.4 Å². The molecule has 0 unspecified atom stereocenters. The van der Waals surface area contributed by atoms with Crippen molar-refractivity contribution in [3.63, 3.8) is 0 Å². The third-order valence-electron chi connectivity index (χ3n) is 8.80. The zero-order valence-electron chi connectivity index (χ0n) is 23.7. The van der Waals surface area contributed by atoms with Gasteiger partial charge >= 0.3 is 5.97 Å². The number of anilines is 1. The molecule has 0 spiro atoms. The van der Waals surface area contributed by atoms with Crippen molar-refractivity contribution >= 4 is 22.7 Å². The van der Waals surface area contributed by atoms with Crippen LogP contribution in [-0.4, -0.2) is 30.7 Å². The number of para-hydroxylation sites is 2. The Balaban J connectivity index is 1.60. The molecule has 2 aromatic carbocycles. The highest BCUT2D eigenvalue weighted by molar-refractivity contribution is 5.83. The van der Waals surface area contributed by atoms with Crippen LogP contribution in [0.5, 0.6) is 0 Å². The van der Waals surface area contributed by atoms with Crippen molar-refractivity contribution in [2.24, 2.45) is 30.7 Å². The van der Waals surface area contributed by atoms with E-state index in [-0.39, 0.29) is 18.1 Å². The summed E-state index contributed by atoms with van der Waals surface area (Å²) in [7, 11) is 6.28. The monoisotopic (exact) mass is 502 g/mol. The molecule has 0 bridgehead atoms. The van der Waals surface area contributed by atoms with Gasteiger partial charge in [-0.05, 0) is 86.3 Å². The SMILES string of the molecule is Cc1cc(-c2n([C@@H](C(=O)O[C@@H]3C[C@H](C)CC[C@H]3C(C)C)C3CC3)c3ccccc3[n+]2C)ccc1N(C)C. The maximum absolute atomic E-state index is 14.2. The zero-order valence-corrected chi connectivity index (χ0v) is 23.7. The van der Waals surface area contributed by atoms with Crippen LogP contribution in [-0.2, 0) is 16.6 Å². The van der Waals surface area contributed by atoms with E-state index in [4.69, 9.17) is 4.74 Å². The predicted molar refractivity (Wildman–Crippen MR) is 151 cm³/mol. The molecule has 3 aromatic rings. The first-order valence-corrected chi connectivity index (χ1v) is 14.1. The molecule has 5 nitrogen and oxygen atoms in total. The van der Waals surface area contributed by atoms with Gasteiger partial charge in [-0.15, -0.1) is 0 Å². The van der Waals surface area contributed by atoms with Crippen molar-refractivity contribution < 1.29 is 14.1 Å². The van der Waals surface area contributed by atoms with Crippen LogP contribution in [0.4, 0.5) is 5.69 Å². The lowest BCUT2D eigenvalue weighted by atomic mass is 9.75. The Morgan fingerprint density at radius 2 is 1.81 bits per heavy atom. The first-order valence-electron chi connectivity index (χ1n) is 14.1. The zero-order chi connectivity index (χ0) is 26.4. The minimum absolute atomic E-state index is 0.0122. The van der Waals surface area contributed by atoms with Gasteiger partial charge in [0, 0.05) is 25.7 Å². The van der Waals surface area contributed by atoms with Gasteiger partial charge in [0.1, 0.15) is 6.10 Å². The highest BCUT2D eigenvalue weighted by Gasteiger charge is 2.47. The lowest BCUT2D eigenvalue weighted by Crippen LogP contribution is -2.39. The summed E-state index contributed by atoms with van der Waals surface area (Å²) in [5, 5.41) is 0. The number of hydrogen-bond donors (Lipinski definition) is 0. The number of nitrogens with zero attached hydrogens (tertiary/aromatic N) is 3.